The van der Waals surface area contributed by atoms with Crippen LogP contribution < -0.4 is 10.2 Å². The molecule has 7 nitrogen and oxygen atoms in total. The van der Waals surface area contributed by atoms with E-state index in [-0.39, 0.29) is 11.8 Å². The van der Waals surface area contributed by atoms with Crippen LogP contribution in [-0.2, 0) is 9.47 Å². The molecular weight excluding hydrogens is 410 g/mol. The van der Waals surface area contributed by atoms with E-state index in [1.54, 1.807) is 18.4 Å². The molecule has 3 aromatic rings. The van der Waals surface area contributed by atoms with Gasteiger partial charge in [0.15, 0.2) is 6.23 Å². The maximum atomic E-state index is 6.00. The van der Waals surface area contributed by atoms with Crippen LogP contribution in [0.4, 0.5) is 11.5 Å². The number of pyridine rings is 1. The van der Waals surface area contributed by atoms with Crippen molar-refractivity contribution < 1.29 is 9.47 Å². The zero-order valence-corrected chi connectivity index (χ0v) is 20.0. The second-order valence-corrected chi connectivity index (χ2v) is 10.2. The highest BCUT2D eigenvalue weighted by Crippen LogP contribution is 2.40. The lowest BCUT2D eigenvalue weighted by Gasteiger charge is -2.24. The van der Waals surface area contributed by atoms with Crippen LogP contribution in [0.3, 0.4) is 0 Å². The molecule has 0 radical (unpaired) electrons. The predicted octanol–water partition coefficient (Wildman–Crippen LogP) is 5.15. The Morgan fingerprint density at radius 1 is 1.32 bits per heavy atom. The second kappa shape index (κ2) is 9.14. The molecule has 1 N–H and O–H groups in total. The van der Waals surface area contributed by atoms with E-state index in [4.69, 9.17) is 14.5 Å². The van der Waals surface area contributed by atoms with E-state index >= 15 is 0 Å². The van der Waals surface area contributed by atoms with Crippen LogP contribution in [0, 0.1) is 0 Å². The fourth-order valence-corrected chi connectivity index (χ4v) is 5.05. The molecule has 1 fully saturated rings. The molecule has 3 aromatic heterocycles. The zero-order valence-electron chi connectivity index (χ0n) is 19.1. The number of fused-ring (bicyclic) bond motifs is 1. The van der Waals surface area contributed by atoms with Crippen molar-refractivity contribution in [1.29, 1.82) is 0 Å². The minimum atomic E-state index is -0.0706. The summed E-state index contributed by atoms with van der Waals surface area (Å²) in [6.45, 7) is 8.73. The van der Waals surface area contributed by atoms with Gasteiger partial charge in [0.1, 0.15) is 5.82 Å². The highest BCUT2D eigenvalue weighted by Gasteiger charge is 2.22. The van der Waals surface area contributed by atoms with Gasteiger partial charge in [-0.3, -0.25) is 0 Å². The number of rotatable bonds is 7. The van der Waals surface area contributed by atoms with E-state index in [0.717, 1.165) is 53.6 Å². The maximum Gasteiger partial charge on any atom is 0.150 e. The first-order valence-corrected chi connectivity index (χ1v) is 11.8. The molecule has 31 heavy (non-hydrogen) atoms. The Labute approximate surface area is 188 Å². The van der Waals surface area contributed by atoms with Gasteiger partial charge in [-0.1, -0.05) is 0 Å². The SMILES string of the molecule is COCCN(C)c1cc(NC(C)(C)C)nc2cc(-c3ccnn3C3CCCCO3)sc12. The quantitative estimate of drug-likeness (QED) is 0.545. The number of nitrogens with zero attached hydrogens (tertiary/aromatic N) is 4. The van der Waals surface area contributed by atoms with Crippen molar-refractivity contribution in [3.05, 3.63) is 24.4 Å². The van der Waals surface area contributed by atoms with Crippen molar-refractivity contribution >= 4 is 33.1 Å². The lowest BCUT2D eigenvalue weighted by Crippen LogP contribution is -2.27. The average Bonchev–Trinajstić information content (AvgIpc) is 3.37. The van der Waals surface area contributed by atoms with Crippen molar-refractivity contribution in [2.45, 2.75) is 51.8 Å². The van der Waals surface area contributed by atoms with Gasteiger partial charge in [-0.25, -0.2) is 9.67 Å². The van der Waals surface area contributed by atoms with E-state index in [0.29, 0.717) is 6.61 Å². The van der Waals surface area contributed by atoms with Crippen molar-refractivity contribution in [3.8, 4) is 10.6 Å². The Morgan fingerprint density at radius 3 is 2.87 bits per heavy atom. The lowest BCUT2D eigenvalue weighted by atomic mass is 10.1. The van der Waals surface area contributed by atoms with Crippen molar-refractivity contribution in [2.75, 3.05) is 44.1 Å². The Kier molecular flexibility index (Phi) is 6.50. The van der Waals surface area contributed by atoms with Crippen LogP contribution in [0.5, 0.6) is 0 Å². The number of hydrogen-bond donors (Lipinski definition) is 1. The van der Waals surface area contributed by atoms with E-state index in [1.165, 1.54) is 11.1 Å². The number of thiophene rings is 1. The number of anilines is 2. The third-order valence-electron chi connectivity index (χ3n) is 5.36. The smallest absolute Gasteiger partial charge is 0.150 e. The topological polar surface area (TPSA) is 64.4 Å². The van der Waals surface area contributed by atoms with Gasteiger partial charge in [0, 0.05) is 45.1 Å². The number of methoxy groups -OCH3 is 1. The molecule has 0 bridgehead atoms. The summed E-state index contributed by atoms with van der Waals surface area (Å²) in [5.74, 6) is 0.882. The third kappa shape index (κ3) is 5.02. The molecule has 0 spiro atoms. The Morgan fingerprint density at radius 2 is 2.16 bits per heavy atom. The zero-order chi connectivity index (χ0) is 22.0. The molecule has 0 aliphatic carbocycles. The fraction of sp³-hybridized carbons (Fsp3) is 0.565. The summed E-state index contributed by atoms with van der Waals surface area (Å²) in [4.78, 5) is 8.33. The van der Waals surface area contributed by atoms with Gasteiger partial charge in [-0.2, -0.15) is 5.10 Å². The number of hydrogen-bond acceptors (Lipinski definition) is 7. The summed E-state index contributed by atoms with van der Waals surface area (Å²) in [7, 11) is 3.84. The lowest BCUT2D eigenvalue weighted by molar-refractivity contribution is -0.0383. The molecule has 1 aliphatic rings. The standard InChI is InChI=1S/C23H33N5O2S/c1-23(2,3)26-20-15-18(27(4)11-13-29-5)22-16(25-20)14-19(31-22)17-9-10-24-28(17)21-8-6-7-12-30-21/h9-10,14-15,21H,6-8,11-13H2,1-5H3,(H,25,26). The highest BCUT2D eigenvalue weighted by molar-refractivity contribution is 7.22. The van der Waals surface area contributed by atoms with Gasteiger partial charge < -0.3 is 19.7 Å². The molecule has 1 aliphatic heterocycles. The minimum Gasteiger partial charge on any atom is -0.383 e. The van der Waals surface area contributed by atoms with E-state index in [1.807, 2.05) is 10.9 Å². The number of likely N-dealkylation sites (N-methyl/N-ethyl adjacent to an activating group) is 1. The van der Waals surface area contributed by atoms with E-state index < -0.39 is 0 Å². The van der Waals surface area contributed by atoms with Gasteiger partial charge in [0.25, 0.3) is 0 Å². The predicted molar refractivity (Wildman–Crippen MR) is 128 cm³/mol. The summed E-state index contributed by atoms with van der Waals surface area (Å²) in [5.41, 5.74) is 3.17. The summed E-state index contributed by atoms with van der Waals surface area (Å²) in [5, 5.41) is 8.12. The van der Waals surface area contributed by atoms with Crippen molar-refractivity contribution in [2.24, 2.45) is 0 Å². The monoisotopic (exact) mass is 443 g/mol. The first-order chi connectivity index (χ1) is 14.9. The number of nitrogens with one attached hydrogen (secondary N) is 1. The summed E-state index contributed by atoms with van der Waals surface area (Å²) in [6.07, 6.45) is 5.18. The number of aromatic nitrogens is 3. The van der Waals surface area contributed by atoms with Gasteiger partial charge in [-0.05, 0) is 52.2 Å². The van der Waals surface area contributed by atoms with Gasteiger partial charge in [0.05, 0.1) is 33.1 Å². The second-order valence-electron chi connectivity index (χ2n) is 9.12. The molecule has 1 unspecified atom stereocenters. The van der Waals surface area contributed by atoms with Crippen LogP contribution in [-0.4, -0.2) is 54.2 Å². The Balaban J connectivity index is 1.76. The average molecular weight is 444 g/mol. The third-order valence-corrected chi connectivity index (χ3v) is 6.53. The van der Waals surface area contributed by atoms with Crippen LogP contribution in [0.1, 0.15) is 46.3 Å². The minimum absolute atomic E-state index is 0.0129. The molecule has 4 heterocycles. The normalized spacial score (nSPS) is 17.3. The van der Waals surface area contributed by atoms with Crippen LogP contribution in [0.25, 0.3) is 20.8 Å². The van der Waals surface area contributed by atoms with Gasteiger partial charge >= 0.3 is 0 Å². The van der Waals surface area contributed by atoms with E-state index in [2.05, 4.69) is 61.3 Å². The van der Waals surface area contributed by atoms with Crippen molar-refractivity contribution in [3.63, 3.8) is 0 Å². The molecular formula is C23H33N5O2S. The largest absolute Gasteiger partial charge is 0.383 e. The van der Waals surface area contributed by atoms with Crippen LogP contribution >= 0.6 is 11.3 Å². The number of ether oxygens (including phenoxy) is 2. The molecule has 168 valence electrons. The highest BCUT2D eigenvalue weighted by atomic mass is 32.1. The summed E-state index contributed by atoms with van der Waals surface area (Å²) < 4.78 is 14.5. The first-order valence-electron chi connectivity index (χ1n) is 10.9. The van der Waals surface area contributed by atoms with Crippen LogP contribution in [0.15, 0.2) is 24.4 Å². The Hall–Kier alpha value is -2.16. The summed E-state index contributed by atoms with van der Waals surface area (Å²) >= 11 is 1.76. The Bertz CT molecular complexity index is 1020. The fourth-order valence-electron chi connectivity index (χ4n) is 3.87. The molecule has 8 heteroatoms. The summed E-state index contributed by atoms with van der Waals surface area (Å²) in [6, 6.07) is 6.40. The molecule has 0 aromatic carbocycles. The molecule has 1 saturated heterocycles. The first kappa shape index (κ1) is 22.0. The van der Waals surface area contributed by atoms with Gasteiger partial charge in [0.2, 0.25) is 0 Å². The molecule has 4 rings (SSSR count). The molecule has 0 amide bonds. The molecule has 0 saturated carbocycles. The van der Waals surface area contributed by atoms with Crippen LogP contribution in [0.2, 0.25) is 0 Å². The van der Waals surface area contributed by atoms with Gasteiger partial charge in [-0.15, -0.1) is 11.3 Å². The van der Waals surface area contributed by atoms with Crippen molar-refractivity contribution in [1.82, 2.24) is 14.8 Å². The maximum absolute atomic E-state index is 6.00. The van der Waals surface area contributed by atoms with E-state index in [9.17, 15) is 0 Å². The molecule has 1 atom stereocenters.